The molecular weight excluding hydrogens is 432 g/mol. The first kappa shape index (κ1) is 25.4. The van der Waals surface area contributed by atoms with Gasteiger partial charge in [0.05, 0.1) is 21.2 Å². The Hall–Kier alpha value is -2.86. The van der Waals surface area contributed by atoms with Gasteiger partial charge in [0.25, 0.3) is 0 Å². The van der Waals surface area contributed by atoms with Crippen LogP contribution in [0.15, 0.2) is 58.8 Å². The fraction of sp³-hybridized carbons (Fsp3) is 0.381. The van der Waals surface area contributed by atoms with E-state index in [-0.39, 0.29) is 0 Å². The zero-order valence-electron chi connectivity index (χ0n) is 19.3. The minimum absolute atomic E-state index is 0.808. The molecule has 0 amide bonds. The molecule has 0 bridgehead atoms. The smallest absolute Gasteiger partial charge is 0.422 e. The molecule has 0 aliphatic heterocycles. The van der Waals surface area contributed by atoms with Crippen molar-refractivity contribution in [2.75, 3.05) is 46.2 Å². The van der Waals surface area contributed by atoms with E-state index < -0.39 is 10.4 Å². The number of rotatable bonds is 7. The zero-order valence-corrected chi connectivity index (χ0v) is 20.1. The normalized spacial score (nSPS) is 11.8. The Balaban J connectivity index is 0.000000534. The lowest BCUT2D eigenvalue weighted by molar-refractivity contribution is -0.632. The van der Waals surface area contributed by atoms with Crippen LogP contribution >= 0.6 is 0 Å². The number of nitrogens with zero attached hydrogens (tertiary/aromatic N) is 6. The number of hydrogen-bond donors (Lipinski definition) is 0. The number of benzene rings is 2. The summed E-state index contributed by atoms with van der Waals surface area (Å²) in [7, 11) is 6.70. The third kappa shape index (κ3) is 7.09. The van der Waals surface area contributed by atoms with Gasteiger partial charge in [0.1, 0.15) is 16.7 Å². The summed E-state index contributed by atoms with van der Waals surface area (Å²) in [6.45, 7) is 2.01. The Kier molecular flexibility index (Phi) is 8.84. The lowest BCUT2D eigenvalue weighted by Gasteiger charge is -2.21. The van der Waals surface area contributed by atoms with Crippen molar-refractivity contribution in [1.82, 2.24) is 9.47 Å². The molecule has 1 heterocycles. The first-order valence-corrected chi connectivity index (χ1v) is 11.2. The second kappa shape index (κ2) is 11.1. The highest BCUT2D eigenvalue weighted by Crippen LogP contribution is 2.22. The Morgan fingerprint density at radius 1 is 1.03 bits per heavy atom. The molecule has 0 aliphatic rings. The molecule has 174 valence electrons. The van der Waals surface area contributed by atoms with E-state index in [0.717, 1.165) is 42.9 Å². The van der Waals surface area contributed by atoms with Crippen molar-refractivity contribution in [2.24, 2.45) is 24.3 Å². The van der Waals surface area contributed by atoms with E-state index in [1.165, 1.54) is 5.69 Å². The third-order valence-electron chi connectivity index (χ3n) is 4.84. The Bertz CT molecular complexity index is 1120. The molecule has 0 aliphatic carbocycles. The highest BCUT2D eigenvalue weighted by atomic mass is 32.3. The molecule has 0 saturated carbocycles. The van der Waals surface area contributed by atoms with E-state index in [2.05, 4.69) is 78.8 Å². The maximum absolute atomic E-state index is 9.22. The number of aromatic nitrogens is 2. The third-order valence-corrected chi connectivity index (χ3v) is 5.24. The Morgan fingerprint density at radius 3 is 2.16 bits per heavy atom. The van der Waals surface area contributed by atoms with Crippen LogP contribution in [0.2, 0.25) is 0 Å². The largest absolute Gasteiger partial charge is 0.726 e. The van der Waals surface area contributed by atoms with Crippen LogP contribution < -0.4 is 9.47 Å². The lowest BCUT2D eigenvalue weighted by atomic mass is 10.2. The number of aryl methyl sites for hydroxylation is 2. The van der Waals surface area contributed by atoms with Gasteiger partial charge in [-0.25, -0.2) is 17.6 Å². The van der Waals surface area contributed by atoms with Crippen LogP contribution in [0.3, 0.4) is 0 Å². The van der Waals surface area contributed by atoms with E-state index in [9.17, 15) is 13.0 Å². The first-order chi connectivity index (χ1) is 15.0. The summed E-state index contributed by atoms with van der Waals surface area (Å²) >= 11 is 0. The van der Waals surface area contributed by atoms with E-state index in [1.54, 1.807) is 0 Å². The SMILES string of the molecule is CN(C)CCN(C)c1ccc(N=Nc2n(C)c3ccccc3[n+]2C)cc1.COS(=O)(=O)[O-]. The van der Waals surface area contributed by atoms with Crippen molar-refractivity contribution in [3.63, 3.8) is 0 Å². The van der Waals surface area contributed by atoms with Crippen LogP contribution in [-0.2, 0) is 28.7 Å². The number of imidazole rings is 1. The summed E-state index contributed by atoms with van der Waals surface area (Å²) in [6.07, 6.45) is 0. The van der Waals surface area contributed by atoms with Crippen LogP contribution in [0.4, 0.5) is 17.3 Å². The molecule has 0 unspecified atom stereocenters. The van der Waals surface area contributed by atoms with Gasteiger partial charge < -0.3 is 14.4 Å². The Morgan fingerprint density at radius 2 is 1.62 bits per heavy atom. The number of para-hydroxylation sites is 2. The van der Waals surface area contributed by atoms with E-state index in [4.69, 9.17) is 0 Å². The van der Waals surface area contributed by atoms with Gasteiger partial charge in [-0.1, -0.05) is 17.2 Å². The van der Waals surface area contributed by atoms with Crippen molar-refractivity contribution in [1.29, 1.82) is 0 Å². The highest BCUT2D eigenvalue weighted by Gasteiger charge is 2.18. The van der Waals surface area contributed by atoms with Crippen LogP contribution in [0.1, 0.15) is 0 Å². The molecular formula is C21H30N6O4S. The molecule has 11 heteroatoms. The quantitative estimate of drug-likeness (QED) is 0.231. The molecule has 3 rings (SSSR count). The van der Waals surface area contributed by atoms with Crippen molar-refractivity contribution < 1.29 is 21.7 Å². The average Bonchev–Trinajstić information content (AvgIpc) is 3.01. The molecule has 0 N–H and O–H groups in total. The minimum Gasteiger partial charge on any atom is -0.726 e. The van der Waals surface area contributed by atoms with Crippen molar-refractivity contribution in [2.45, 2.75) is 0 Å². The summed E-state index contributed by atoms with van der Waals surface area (Å²) in [5.41, 5.74) is 4.31. The van der Waals surface area contributed by atoms with Crippen molar-refractivity contribution in [3.8, 4) is 0 Å². The minimum atomic E-state index is -4.41. The number of hydrogen-bond acceptors (Lipinski definition) is 8. The predicted molar refractivity (Wildman–Crippen MR) is 123 cm³/mol. The second-order valence-electron chi connectivity index (χ2n) is 7.42. The monoisotopic (exact) mass is 462 g/mol. The van der Waals surface area contributed by atoms with E-state index in [1.807, 2.05) is 38.4 Å². The summed E-state index contributed by atoms with van der Waals surface area (Å²) in [5, 5.41) is 8.90. The maximum Gasteiger partial charge on any atom is 0.422 e. The van der Waals surface area contributed by atoms with Gasteiger partial charge in [0.2, 0.25) is 10.4 Å². The molecule has 0 radical (unpaired) electrons. The van der Waals surface area contributed by atoms with Crippen LogP contribution in [0.5, 0.6) is 0 Å². The van der Waals surface area contributed by atoms with Gasteiger partial charge in [-0.2, -0.15) is 0 Å². The molecule has 0 saturated heterocycles. The molecule has 0 atom stereocenters. The summed E-state index contributed by atoms with van der Waals surface area (Å²) in [6, 6.07) is 16.4. The van der Waals surface area contributed by atoms with Gasteiger partial charge >= 0.3 is 5.95 Å². The maximum atomic E-state index is 9.22. The van der Waals surface area contributed by atoms with Crippen LogP contribution in [0.25, 0.3) is 11.0 Å². The fourth-order valence-electron chi connectivity index (χ4n) is 2.96. The number of anilines is 1. The summed E-state index contributed by atoms with van der Waals surface area (Å²) in [4.78, 5) is 4.42. The lowest BCUT2D eigenvalue weighted by Crippen LogP contribution is -2.28. The number of likely N-dealkylation sites (N-methyl/N-ethyl adjacent to an activating group) is 2. The number of fused-ring (bicyclic) bond motifs is 1. The molecule has 32 heavy (non-hydrogen) atoms. The predicted octanol–water partition coefficient (Wildman–Crippen LogP) is 2.51. The zero-order chi connectivity index (χ0) is 23.9. The van der Waals surface area contributed by atoms with Crippen LogP contribution in [-0.4, -0.2) is 63.8 Å². The standard InChI is InChI=1S/C20H27N6.CH4O4S/c1-23(2)14-15-24(3)17-12-10-16(11-13-17)21-22-20-25(4)18-8-6-7-9-19(18)26(20)5;1-5-6(2,3)4/h6-13H,14-15H2,1-5H3;1H3,(H,2,3,4)/q+1;/p-1. The first-order valence-electron chi connectivity index (χ1n) is 9.86. The summed E-state index contributed by atoms with van der Waals surface area (Å²) in [5.74, 6) is 0.818. The van der Waals surface area contributed by atoms with E-state index in [0.29, 0.717) is 0 Å². The Labute approximate surface area is 189 Å². The summed E-state index contributed by atoms with van der Waals surface area (Å²) < 4.78 is 35.1. The molecule has 10 nitrogen and oxygen atoms in total. The topological polar surface area (TPSA) is 106 Å². The molecule has 0 fully saturated rings. The molecule has 2 aromatic carbocycles. The van der Waals surface area contributed by atoms with Gasteiger partial charge in [0.15, 0.2) is 0 Å². The van der Waals surface area contributed by atoms with Crippen molar-refractivity contribution in [3.05, 3.63) is 48.5 Å². The fourth-order valence-corrected chi connectivity index (χ4v) is 2.96. The average molecular weight is 463 g/mol. The van der Waals surface area contributed by atoms with Gasteiger partial charge in [0, 0.05) is 30.9 Å². The van der Waals surface area contributed by atoms with Crippen molar-refractivity contribution >= 4 is 38.8 Å². The van der Waals surface area contributed by atoms with Gasteiger partial charge in [-0.15, -0.1) is 0 Å². The van der Waals surface area contributed by atoms with Crippen LogP contribution in [0, 0.1) is 0 Å². The van der Waals surface area contributed by atoms with E-state index >= 15 is 0 Å². The number of azo groups is 1. The molecule has 0 spiro atoms. The molecule has 3 aromatic rings. The van der Waals surface area contributed by atoms with Gasteiger partial charge in [-0.3, -0.25) is 4.18 Å². The second-order valence-corrected chi connectivity index (χ2v) is 8.57. The highest BCUT2D eigenvalue weighted by molar-refractivity contribution is 7.80. The van der Waals surface area contributed by atoms with Gasteiger partial charge in [-0.05, 0) is 50.5 Å². The molecule has 1 aromatic heterocycles.